The lowest BCUT2D eigenvalue weighted by Crippen LogP contribution is -2.15. The van der Waals surface area contributed by atoms with Crippen LogP contribution in [0.1, 0.15) is 22.5 Å². The lowest BCUT2D eigenvalue weighted by Gasteiger charge is -2.12. The molecule has 1 aromatic heterocycles. The van der Waals surface area contributed by atoms with Gasteiger partial charge in [0.05, 0.1) is 23.9 Å². The Morgan fingerprint density at radius 1 is 1.00 bits per heavy atom. The van der Waals surface area contributed by atoms with Gasteiger partial charge in [0.25, 0.3) is 15.7 Å². The van der Waals surface area contributed by atoms with E-state index in [0.717, 1.165) is 34.3 Å². The third kappa shape index (κ3) is 5.68. The molecule has 0 aliphatic rings. The molecule has 0 aliphatic heterocycles. The molecule has 0 atom stereocenters. The zero-order chi connectivity index (χ0) is 27.4. The van der Waals surface area contributed by atoms with Crippen LogP contribution in [0.25, 0.3) is 5.69 Å². The molecule has 0 radical (unpaired) electrons. The molecule has 38 heavy (non-hydrogen) atoms. The number of rotatable bonds is 9. The van der Waals surface area contributed by atoms with Gasteiger partial charge in [0, 0.05) is 40.5 Å². The lowest BCUT2D eigenvalue weighted by molar-refractivity contribution is -0.385. The molecule has 4 rings (SSSR count). The van der Waals surface area contributed by atoms with E-state index in [0.29, 0.717) is 5.75 Å². The van der Waals surface area contributed by atoms with Crippen LogP contribution in [0.15, 0.2) is 82.8 Å². The predicted molar refractivity (Wildman–Crippen MR) is 148 cm³/mol. The molecule has 1 heterocycles. The maximum Gasteiger partial charge on any atom is 0.270 e. The number of aryl methyl sites for hydroxylation is 2. The first kappa shape index (κ1) is 26.4. The number of ether oxygens (including phenoxy) is 1. The first-order valence-corrected chi connectivity index (χ1v) is 13.1. The van der Waals surface area contributed by atoms with Gasteiger partial charge in [-0.3, -0.25) is 20.3 Å². The SMILES string of the molecule is COc1ccc(NS(=O)(=O)c2cc([N+](=O)[O-])ccc2NN=Cc2cc(C)n(-c3cccc(C)c3)c2C)cc1. The standard InChI is InChI=1S/C27H27N5O5S/c1-18-6-5-7-23(14-18)31-19(2)15-21(20(31)3)17-28-29-26-13-10-24(32(33)34)16-27(26)38(35,36)30-22-8-11-25(37-4)12-9-22/h5-17,29-30H,1-4H3. The average molecular weight is 534 g/mol. The Morgan fingerprint density at radius 2 is 1.74 bits per heavy atom. The van der Waals surface area contributed by atoms with Crippen LogP contribution in [0.2, 0.25) is 0 Å². The van der Waals surface area contributed by atoms with Crippen LogP contribution >= 0.6 is 0 Å². The maximum atomic E-state index is 13.2. The number of hydrazone groups is 1. The highest BCUT2D eigenvalue weighted by Gasteiger charge is 2.23. The Kier molecular flexibility index (Phi) is 7.49. The number of non-ortho nitro benzene ring substituents is 1. The van der Waals surface area contributed by atoms with Gasteiger partial charge in [-0.2, -0.15) is 5.10 Å². The van der Waals surface area contributed by atoms with Crippen LogP contribution in [-0.2, 0) is 10.0 Å². The Balaban J connectivity index is 1.63. The minimum Gasteiger partial charge on any atom is -0.497 e. The molecule has 0 unspecified atom stereocenters. The highest BCUT2D eigenvalue weighted by Crippen LogP contribution is 2.29. The summed E-state index contributed by atoms with van der Waals surface area (Å²) in [6, 6.07) is 19.9. The Morgan fingerprint density at radius 3 is 2.39 bits per heavy atom. The van der Waals surface area contributed by atoms with E-state index in [4.69, 9.17) is 4.74 Å². The highest BCUT2D eigenvalue weighted by atomic mass is 32.2. The average Bonchev–Trinajstić information content (AvgIpc) is 3.16. The van der Waals surface area contributed by atoms with Crippen molar-refractivity contribution >= 4 is 33.3 Å². The fourth-order valence-corrected chi connectivity index (χ4v) is 5.30. The number of benzene rings is 3. The molecular formula is C27H27N5O5S. The maximum absolute atomic E-state index is 13.2. The largest absolute Gasteiger partial charge is 0.497 e. The topological polar surface area (TPSA) is 128 Å². The van der Waals surface area contributed by atoms with Gasteiger partial charge in [-0.1, -0.05) is 12.1 Å². The zero-order valence-electron chi connectivity index (χ0n) is 21.3. The summed E-state index contributed by atoms with van der Waals surface area (Å²) in [5, 5.41) is 15.6. The van der Waals surface area contributed by atoms with Crippen molar-refractivity contribution in [3.8, 4) is 11.4 Å². The van der Waals surface area contributed by atoms with Gasteiger partial charge in [-0.25, -0.2) is 8.42 Å². The lowest BCUT2D eigenvalue weighted by atomic mass is 10.2. The number of nitro benzene ring substituents is 1. The van der Waals surface area contributed by atoms with Gasteiger partial charge >= 0.3 is 0 Å². The zero-order valence-corrected chi connectivity index (χ0v) is 22.1. The Hall–Kier alpha value is -4.64. The summed E-state index contributed by atoms with van der Waals surface area (Å²) in [4.78, 5) is 10.4. The second-order valence-corrected chi connectivity index (χ2v) is 10.3. The molecule has 2 N–H and O–H groups in total. The number of anilines is 2. The summed E-state index contributed by atoms with van der Waals surface area (Å²) in [5.41, 5.74) is 7.70. The van der Waals surface area contributed by atoms with Crippen LogP contribution in [0.4, 0.5) is 17.1 Å². The van der Waals surface area contributed by atoms with E-state index in [-0.39, 0.29) is 22.0 Å². The number of hydrogen-bond donors (Lipinski definition) is 2. The van der Waals surface area contributed by atoms with E-state index in [2.05, 4.69) is 25.9 Å². The second-order valence-electron chi connectivity index (χ2n) is 8.64. The molecule has 0 aliphatic carbocycles. The molecule has 0 fully saturated rings. The quantitative estimate of drug-likeness (QED) is 0.165. The summed E-state index contributed by atoms with van der Waals surface area (Å²) < 4.78 is 36.1. The fourth-order valence-electron chi connectivity index (χ4n) is 4.06. The molecule has 11 heteroatoms. The van der Waals surface area contributed by atoms with Crippen molar-refractivity contribution in [2.45, 2.75) is 25.7 Å². The van der Waals surface area contributed by atoms with E-state index < -0.39 is 14.9 Å². The third-order valence-corrected chi connectivity index (χ3v) is 7.35. The Bertz CT molecular complexity index is 1630. The summed E-state index contributed by atoms with van der Waals surface area (Å²) >= 11 is 0. The van der Waals surface area contributed by atoms with Gasteiger partial charge < -0.3 is 9.30 Å². The molecule has 0 amide bonds. The van der Waals surface area contributed by atoms with Gasteiger partial charge in [0.2, 0.25) is 0 Å². The number of hydrogen-bond acceptors (Lipinski definition) is 7. The van der Waals surface area contributed by atoms with Crippen molar-refractivity contribution in [1.29, 1.82) is 0 Å². The molecule has 0 spiro atoms. The van der Waals surface area contributed by atoms with Crippen LogP contribution in [-0.4, -0.2) is 31.2 Å². The normalized spacial score (nSPS) is 11.5. The van der Waals surface area contributed by atoms with Crippen molar-refractivity contribution in [1.82, 2.24) is 4.57 Å². The molecule has 0 saturated heterocycles. The smallest absolute Gasteiger partial charge is 0.270 e. The number of nitrogens with zero attached hydrogens (tertiary/aromatic N) is 3. The summed E-state index contributed by atoms with van der Waals surface area (Å²) in [5.74, 6) is 0.557. The number of sulfonamides is 1. The number of methoxy groups -OCH3 is 1. The van der Waals surface area contributed by atoms with Crippen LogP contribution in [0.3, 0.4) is 0 Å². The van der Waals surface area contributed by atoms with Crippen LogP contribution < -0.4 is 14.9 Å². The van der Waals surface area contributed by atoms with E-state index in [1.807, 2.05) is 45.0 Å². The fraction of sp³-hybridized carbons (Fsp3) is 0.148. The van der Waals surface area contributed by atoms with Crippen LogP contribution in [0.5, 0.6) is 5.75 Å². The monoisotopic (exact) mass is 533 g/mol. The first-order chi connectivity index (χ1) is 18.1. The molecule has 10 nitrogen and oxygen atoms in total. The second kappa shape index (κ2) is 10.8. The number of nitrogens with one attached hydrogen (secondary N) is 2. The van der Waals surface area contributed by atoms with Gasteiger partial charge in [-0.15, -0.1) is 0 Å². The number of aromatic nitrogens is 1. The van der Waals surface area contributed by atoms with E-state index in [1.165, 1.54) is 31.4 Å². The van der Waals surface area contributed by atoms with E-state index >= 15 is 0 Å². The van der Waals surface area contributed by atoms with Crippen molar-refractivity contribution in [2.75, 3.05) is 17.3 Å². The molecule has 196 valence electrons. The van der Waals surface area contributed by atoms with Crippen molar-refractivity contribution in [3.63, 3.8) is 0 Å². The van der Waals surface area contributed by atoms with Gasteiger partial charge in [-0.05, 0) is 74.9 Å². The number of nitro groups is 1. The van der Waals surface area contributed by atoms with Gasteiger partial charge in [0.15, 0.2) is 0 Å². The molecule has 0 bridgehead atoms. The molecule has 4 aromatic rings. The summed E-state index contributed by atoms with van der Waals surface area (Å²) in [7, 11) is -2.70. The van der Waals surface area contributed by atoms with E-state index in [1.54, 1.807) is 18.3 Å². The molecular weight excluding hydrogens is 506 g/mol. The Labute approximate surface area is 220 Å². The highest BCUT2D eigenvalue weighted by molar-refractivity contribution is 7.92. The molecule has 3 aromatic carbocycles. The van der Waals surface area contributed by atoms with Crippen LogP contribution in [0, 0.1) is 30.9 Å². The van der Waals surface area contributed by atoms with Crippen molar-refractivity contribution in [2.24, 2.45) is 5.10 Å². The third-order valence-electron chi connectivity index (χ3n) is 5.93. The van der Waals surface area contributed by atoms with Gasteiger partial charge in [0.1, 0.15) is 10.6 Å². The summed E-state index contributed by atoms with van der Waals surface area (Å²) in [6.07, 6.45) is 1.59. The minimum absolute atomic E-state index is 0.0837. The molecule has 0 saturated carbocycles. The minimum atomic E-state index is -4.20. The van der Waals surface area contributed by atoms with Crippen molar-refractivity contribution < 1.29 is 18.1 Å². The predicted octanol–water partition coefficient (Wildman–Crippen LogP) is 5.57. The summed E-state index contributed by atoms with van der Waals surface area (Å²) in [6.45, 7) is 5.99. The van der Waals surface area contributed by atoms with Crippen molar-refractivity contribution in [3.05, 3.63) is 105 Å². The van der Waals surface area contributed by atoms with E-state index in [9.17, 15) is 18.5 Å². The first-order valence-electron chi connectivity index (χ1n) is 11.6.